The van der Waals surface area contributed by atoms with Gasteiger partial charge in [0.2, 0.25) is 0 Å². The Bertz CT molecular complexity index is 1680. The second-order valence-corrected chi connectivity index (χ2v) is 12.5. The quantitative estimate of drug-likeness (QED) is 0.0999. The van der Waals surface area contributed by atoms with Gasteiger partial charge in [-0.1, -0.05) is 85.8 Å². The summed E-state index contributed by atoms with van der Waals surface area (Å²) in [6, 6.07) is 29.4. The highest BCUT2D eigenvalue weighted by Gasteiger charge is 2.38. The third-order valence-electron chi connectivity index (χ3n) is 8.16. The minimum Gasteiger partial charge on any atom is -0.478 e. The summed E-state index contributed by atoms with van der Waals surface area (Å²) in [6.45, 7) is 1.98. The molecule has 0 unspecified atom stereocenters. The molecule has 0 radical (unpaired) electrons. The summed E-state index contributed by atoms with van der Waals surface area (Å²) < 4.78 is 17.9. The second-order valence-electron chi connectivity index (χ2n) is 11.4. The Morgan fingerprint density at radius 1 is 0.854 bits per heavy atom. The summed E-state index contributed by atoms with van der Waals surface area (Å²) in [5.74, 6) is -1.14. The molecule has 4 N–H and O–H groups in total. The number of hydrogen-bond donors (Lipinski definition) is 4. The Hall–Kier alpha value is -4.68. The highest BCUT2D eigenvalue weighted by molar-refractivity contribution is 7.99. The average molecular weight is 671 g/mol. The van der Waals surface area contributed by atoms with Gasteiger partial charge in [0.1, 0.15) is 6.04 Å². The lowest BCUT2D eigenvalue weighted by Crippen LogP contribution is -2.45. The van der Waals surface area contributed by atoms with Crippen molar-refractivity contribution in [2.24, 2.45) is 5.92 Å². The molecule has 0 saturated carbocycles. The Labute approximate surface area is 283 Å². The van der Waals surface area contributed by atoms with Crippen molar-refractivity contribution >= 4 is 35.4 Å². The summed E-state index contributed by atoms with van der Waals surface area (Å²) in [6.07, 6.45) is -1.12. The molecular formula is C37H38N2O8S. The van der Waals surface area contributed by atoms with E-state index in [1.165, 1.54) is 18.9 Å². The van der Waals surface area contributed by atoms with Crippen LogP contribution in [0.3, 0.4) is 0 Å². The lowest BCUT2D eigenvalue weighted by atomic mass is 9.91. The van der Waals surface area contributed by atoms with E-state index in [1.807, 2.05) is 67.6 Å². The van der Waals surface area contributed by atoms with Crippen molar-refractivity contribution in [2.75, 3.05) is 18.2 Å². The van der Waals surface area contributed by atoms with E-state index in [9.17, 15) is 24.6 Å². The summed E-state index contributed by atoms with van der Waals surface area (Å²) >= 11 is 1.42. The first-order valence-corrected chi connectivity index (χ1v) is 16.5. The zero-order chi connectivity index (χ0) is 34.0. The molecule has 10 nitrogen and oxygen atoms in total. The van der Waals surface area contributed by atoms with E-state index in [-0.39, 0.29) is 36.7 Å². The average Bonchev–Trinajstić information content (AvgIpc) is 3.11. The fourth-order valence-corrected chi connectivity index (χ4v) is 6.70. The number of hydrogen-bond acceptors (Lipinski definition) is 8. The third kappa shape index (κ3) is 8.81. The number of thioether (sulfide) groups is 1. The van der Waals surface area contributed by atoms with E-state index in [0.717, 1.165) is 22.3 Å². The SMILES string of the molecule is COC(=O)[C@H](Cc1ccccc1)NC(=O)Nc1ccc([C@@H]2O[C@H](CSc3ccccc3C(=O)O)[C@H](C)[C@H](c3ccc(CO)cc3)O2)cc1. The molecule has 48 heavy (non-hydrogen) atoms. The first-order chi connectivity index (χ1) is 23.2. The number of esters is 1. The van der Waals surface area contributed by atoms with Gasteiger partial charge in [-0.2, -0.15) is 0 Å². The Balaban J connectivity index is 1.30. The van der Waals surface area contributed by atoms with Gasteiger partial charge in [0.15, 0.2) is 6.29 Å². The van der Waals surface area contributed by atoms with Gasteiger partial charge >= 0.3 is 18.0 Å². The number of carboxylic acids is 1. The van der Waals surface area contributed by atoms with Crippen molar-refractivity contribution in [3.8, 4) is 0 Å². The van der Waals surface area contributed by atoms with Gasteiger partial charge in [0.05, 0.1) is 31.5 Å². The molecule has 0 aromatic heterocycles. The zero-order valence-corrected chi connectivity index (χ0v) is 27.4. The zero-order valence-electron chi connectivity index (χ0n) is 26.6. The number of aliphatic hydroxyl groups excluding tert-OH is 1. The van der Waals surface area contributed by atoms with Crippen molar-refractivity contribution in [1.82, 2.24) is 5.32 Å². The molecule has 1 aliphatic heterocycles. The van der Waals surface area contributed by atoms with Crippen LogP contribution >= 0.6 is 11.8 Å². The minimum atomic E-state index is -0.988. The van der Waals surface area contributed by atoms with Crippen LogP contribution in [0, 0.1) is 5.92 Å². The number of amides is 2. The van der Waals surface area contributed by atoms with Crippen LogP contribution in [0.1, 0.15) is 51.9 Å². The predicted molar refractivity (Wildman–Crippen MR) is 182 cm³/mol. The highest BCUT2D eigenvalue weighted by atomic mass is 32.2. The monoisotopic (exact) mass is 670 g/mol. The van der Waals surface area contributed by atoms with Gasteiger partial charge in [-0.05, 0) is 41.0 Å². The van der Waals surface area contributed by atoms with Gasteiger partial charge in [-0.25, -0.2) is 14.4 Å². The van der Waals surface area contributed by atoms with Crippen molar-refractivity contribution in [3.05, 3.63) is 131 Å². The molecular weight excluding hydrogens is 632 g/mol. The van der Waals surface area contributed by atoms with Crippen molar-refractivity contribution in [3.63, 3.8) is 0 Å². The van der Waals surface area contributed by atoms with Crippen molar-refractivity contribution in [2.45, 2.75) is 49.4 Å². The summed E-state index contributed by atoms with van der Waals surface area (Å²) in [5, 5.41) is 24.7. The number of rotatable bonds is 12. The van der Waals surface area contributed by atoms with E-state index in [4.69, 9.17) is 14.2 Å². The summed E-state index contributed by atoms with van der Waals surface area (Å²) in [4.78, 5) is 37.7. The third-order valence-corrected chi connectivity index (χ3v) is 9.32. The Morgan fingerprint density at radius 3 is 2.19 bits per heavy atom. The predicted octanol–water partition coefficient (Wildman–Crippen LogP) is 6.37. The van der Waals surface area contributed by atoms with Crippen LogP contribution in [0.15, 0.2) is 108 Å². The van der Waals surface area contributed by atoms with Gasteiger partial charge in [0.25, 0.3) is 0 Å². The number of aliphatic hydroxyl groups is 1. The Morgan fingerprint density at radius 2 is 1.52 bits per heavy atom. The molecule has 5 atom stereocenters. The van der Waals surface area contributed by atoms with E-state index in [1.54, 1.807) is 42.5 Å². The van der Waals surface area contributed by atoms with Gasteiger partial charge in [-0.15, -0.1) is 11.8 Å². The molecule has 1 aliphatic rings. The number of carbonyl (C=O) groups is 3. The number of anilines is 1. The number of nitrogens with one attached hydrogen (secondary N) is 2. The number of methoxy groups -OCH3 is 1. The first kappa shape index (κ1) is 34.6. The van der Waals surface area contributed by atoms with E-state index in [0.29, 0.717) is 16.3 Å². The molecule has 1 fully saturated rings. The van der Waals surface area contributed by atoms with Crippen molar-refractivity contribution in [1.29, 1.82) is 0 Å². The second kappa shape index (κ2) is 16.4. The molecule has 5 rings (SSSR count). The molecule has 11 heteroatoms. The van der Waals surface area contributed by atoms with Gasteiger partial charge < -0.3 is 35.1 Å². The molecule has 2 amide bonds. The summed E-state index contributed by atoms with van der Waals surface area (Å²) in [7, 11) is 1.28. The topological polar surface area (TPSA) is 143 Å². The lowest BCUT2D eigenvalue weighted by Gasteiger charge is -2.41. The maximum atomic E-state index is 12.9. The summed E-state index contributed by atoms with van der Waals surface area (Å²) in [5.41, 5.74) is 4.06. The molecule has 0 spiro atoms. The normalized spacial score (nSPS) is 19.6. The van der Waals surface area contributed by atoms with Crippen LogP contribution < -0.4 is 10.6 Å². The van der Waals surface area contributed by atoms with Gasteiger partial charge in [-0.3, -0.25) is 0 Å². The van der Waals surface area contributed by atoms with Crippen LogP contribution in [0.25, 0.3) is 0 Å². The van der Waals surface area contributed by atoms with E-state index < -0.39 is 30.3 Å². The fourth-order valence-electron chi connectivity index (χ4n) is 5.49. The molecule has 0 bridgehead atoms. The van der Waals surface area contributed by atoms with E-state index >= 15 is 0 Å². The molecule has 4 aromatic carbocycles. The van der Waals surface area contributed by atoms with E-state index in [2.05, 4.69) is 10.6 Å². The number of carboxylic acid groups (broad SMARTS) is 1. The maximum Gasteiger partial charge on any atom is 0.336 e. The van der Waals surface area contributed by atoms with Crippen LogP contribution in [-0.2, 0) is 32.0 Å². The number of aromatic carboxylic acids is 1. The fraction of sp³-hybridized carbons (Fsp3) is 0.270. The van der Waals surface area contributed by atoms with Crippen LogP contribution in [0.5, 0.6) is 0 Å². The largest absolute Gasteiger partial charge is 0.478 e. The molecule has 1 saturated heterocycles. The standard InChI is InChI=1S/C37H38N2O8S/c1-23-31(22-48-32-11-7-6-10-29(32)34(41)42)46-36(47-33(23)26-14-12-25(21-40)13-15-26)27-16-18-28(19-17-27)38-37(44)39-30(35(43)45-2)20-24-8-4-3-5-9-24/h3-19,23,30-31,33,36,40H,20-22H2,1-2H3,(H,41,42)(H2,38,39,44)/t23-,30-,31+,33+,36+/m0/s1. The van der Waals surface area contributed by atoms with Crippen LogP contribution in [-0.4, -0.2) is 53.2 Å². The smallest absolute Gasteiger partial charge is 0.336 e. The number of urea groups is 1. The molecule has 0 aliphatic carbocycles. The first-order valence-electron chi connectivity index (χ1n) is 15.5. The molecule has 4 aromatic rings. The Kier molecular flexibility index (Phi) is 11.9. The molecule has 250 valence electrons. The highest BCUT2D eigenvalue weighted by Crippen LogP contribution is 2.43. The maximum absolute atomic E-state index is 12.9. The minimum absolute atomic E-state index is 0.0654. The van der Waals surface area contributed by atoms with Crippen LogP contribution in [0.2, 0.25) is 0 Å². The van der Waals surface area contributed by atoms with Crippen molar-refractivity contribution < 1.29 is 38.8 Å². The van der Waals surface area contributed by atoms with Gasteiger partial charge in [0, 0.05) is 34.2 Å². The number of ether oxygens (including phenoxy) is 3. The number of benzene rings is 4. The van der Waals surface area contributed by atoms with Crippen LogP contribution in [0.4, 0.5) is 10.5 Å². The molecule has 1 heterocycles. The lowest BCUT2D eigenvalue weighted by molar-refractivity contribution is -0.268. The number of carbonyl (C=O) groups excluding carboxylic acids is 2.